The molecule has 0 aromatic carbocycles. The number of amides is 1. The van der Waals surface area contributed by atoms with Crippen molar-refractivity contribution in [2.45, 2.75) is 64.9 Å². The number of carbonyl (C=O) groups excluding carboxylic acids is 1. The Kier molecular flexibility index (Phi) is 15.1. The van der Waals surface area contributed by atoms with Crippen molar-refractivity contribution in [3.8, 4) is 0 Å². The largest absolute Gasteiger partial charge is 0.472 e. The summed E-state index contributed by atoms with van der Waals surface area (Å²) in [6.45, 7) is 5.55. The number of hydrogen-bond donors (Lipinski definition) is 2. The van der Waals surface area contributed by atoms with Gasteiger partial charge in [-0.25, -0.2) is 4.57 Å². The van der Waals surface area contributed by atoms with E-state index in [-0.39, 0.29) is 25.7 Å². The van der Waals surface area contributed by atoms with Crippen molar-refractivity contribution in [2.75, 3.05) is 54.1 Å². The van der Waals surface area contributed by atoms with Gasteiger partial charge < -0.3 is 19.4 Å². The van der Waals surface area contributed by atoms with Crippen molar-refractivity contribution in [1.29, 1.82) is 0 Å². The van der Waals surface area contributed by atoms with Crippen molar-refractivity contribution < 1.29 is 32.5 Å². The second-order valence-corrected chi connectivity index (χ2v) is 9.53. The minimum absolute atomic E-state index is 0.0398. The van der Waals surface area contributed by atoms with E-state index in [0.717, 1.165) is 38.5 Å². The molecule has 0 aliphatic heterocycles. The normalized spacial score (nSPS) is 15.2. The number of nitrogens with one attached hydrogen (secondary N) is 1. The Labute approximate surface area is 171 Å². The molecule has 0 aromatic heterocycles. The second-order valence-electron chi connectivity index (χ2n) is 8.07. The van der Waals surface area contributed by atoms with Gasteiger partial charge in [-0.1, -0.05) is 39.5 Å². The molecular formula is C19H42N2O6P+. The smallest absolute Gasteiger partial charge is 0.374 e. The minimum atomic E-state index is -4.15. The maximum absolute atomic E-state index is 12.1. The number of nitrogens with zero attached hydrogens (tertiary/aromatic N) is 1. The lowest BCUT2D eigenvalue weighted by Crippen LogP contribution is -2.37. The molecule has 2 atom stereocenters. The SMILES string of the molecule is CCCCCOC(CNC(=O)CCCCC)COP(=O)(O)OCC[N+](C)(C)C. The fraction of sp³-hybridized carbons (Fsp3) is 0.947. The second kappa shape index (κ2) is 15.4. The lowest BCUT2D eigenvalue weighted by molar-refractivity contribution is -0.870. The Balaban J connectivity index is 4.40. The fourth-order valence-corrected chi connectivity index (χ4v) is 3.01. The number of phosphoric ester groups is 1. The van der Waals surface area contributed by atoms with E-state index >= 15 is 0 Å². The molecule has 0 fully saturated rings. The predicted octanol–water partition coefficient (Wildman–Crippen LogP) is 3.10. The average molecular weight is 426 g/mol. The van der Waals surface area contributed by atoms with E-state index in [9.17, 15) is 14.3 Å². The summed E-state index contributed by atoms with van der Waals surface area (Å²) in [6, 6.07) is 0. The first-order valence-corrected chi connectivity index (χ1v) is 11.9. The molecule has 0 spiro atoms. The molecule has 0 heterocycles. The third-order valence-corrected chi connectivity index (χ3v) is 5.06. The van der Waals surface area contributed by atoms with E-state index in [1.807, 2.05) is 21.1 Å². The lowest BCUT2D eigenvalue weighted by Gasteiger charge is -2.24. The third kappa shape index (κ3) is 17.6. The highest BCUT2D eigenvalue weighted by atomic mass is 31.2. The summed E-state index contributed by atoms with van der Waals surface area (Å²) in [5, 5.41) is 2.82. The third-order valence-electron chi connectivity index (χ3n) is 4.08. The van der Waals surface area contributed by atoms with Crippen molar-refractivity contribution in [3.05, 3.63) is 0 Å². The van der Waals surface area contributed by atoms with Crippen LogP contribution in [0.25, 0.3) is 0 Å². The van der Waals surface area contributed by atoms with E-state index in [1.165, 1.54) is 0 Å². The molecule has 0 aliphatic rings. The molecular weight excluding hydrogens is 383 g/mol. The number of carbonyl (C=O) groups is 1. The zero-order valence-electron chi connectivity index (χ0n) is 18.4. The predicted molar refractivity (Wildman–Crippen MR) is 111 cm³/mol. The van der Waals surface area contributed by atoms with Crippen LogP contribution in [0.5, 0.6) is 0 Å². The highest BCUT2D eigenvalue weighted by molar-refractivity contribution is 7.47. The number of rotatable bonds is 18. The lowest BCUT2D eigenvalue weighted by atomic mass is 10.2. The first-order chi connectivity index (χ1) is 13.1. The van der Waals surface area contributed by atoms with Crippen molar-refractivity contribution in [2.24, 2.45) is 0 Å². The van der Waals surface area contributed by atoms with Gasteiger partial charge in [0.15, 0.2) is 0 Å². The van der Waals surface area contributed by atoms with Crippen LogP contribution in [0.4, 0.5) is 0 Å². The average Bonchev–Trinajstić information content (AvgIpc) is 2.59. The first kappa shape index (κ1) is 27.5. The Hall–Kier alpha value is -0.500. The number of ether oxygens (including phenoxy) is 1. The number of quaternary nitrogens is 1. The van der Waals surface area contributed by atoms with Crippen LogP contribution in [0.15, 0.2) is 0 Å². The maximum Gasteiger partial charge on any atom is 0.472 e. The molecule has 2 unspecified atom stereocenters. The van der Waals surface area contributed by atoms with E-state index < -0.39 is 13.9 Å². The molecule has 28 heavy (non-hydrogen) atoms. The van der Waals surface area contributed by atoms with Crippen LogP contribution in [0, 0.1) is 0 Å². The molecule has 8 nitrogen and oxygen atoms in total. The van der Waals surface area contributed by atoms with Crippen LogP contribution in [-0.4, -0.2) is 75.4 Å². The van der Waals surface area contributed by atoms with E-state index in [0.29, 0.717) is 24.1 Å². The molecule has 1 amide bonds. The van der Waals surface area contributed by atoms with Crippen LogP contribution < -0.4 is 5.32 Å². The van der Waals surface area contributed by atoms with E-state index in [2.05, 4.69) is 19.2 Å². The molecule has 0 aromatic rings. The Morgan fingerprint density at radius 3 is 2.29 bits per heavy atom. The van der Waals surface area contributed by atoms with E-state index in [1.54, 1.807) is 0 Å². The van der Waals surface area contributed by atoms with Crippen LogP contribution >= 0.6 is 7.82 Å². The molecule has 9 heteroatoms. The summed E-state index contributed by atoms with van der Waals surface area (Å²) in [7, 11) is 1.76. The highest BCUT2D eigenvalue weighted by Gasteiger charge is 2.25. The summed E-state index contributed by atoms with van der Waals surface area (Å²) in [5.74, 6) is -0.0398. The van der Waals surface area contributed by atoms with Gasteiger partial charge >= 0.3 is 7.82 Å². The van der Waals surface area contributed by atoms with Gasteiger partial charge in [0.1, 0.15) is 13.2 Å². The summed E-state index contributed by atoms with van der Waals surface area (Å²) in [5.41, 5.74) is 0. The fourth-order valence-electron chi connectivity index (χ4n) is 2.26. The molecule has 0 saturated heterocycles. The summed E-state index contributed by atoms with van der Waals surface area (Å²) in [6.07, 6.45) is 5.93. The van der Waals surface area contributed by atoms with Crippen LogP contribution in [-0.2, 0) is 23.1 Å². The van der Waals surface area contributed by atoms with Gasteiger partial charge in [0.25, 0.3) is 0 Å². The summed E-state index contributed by atoms with van der Waals surface area (Å²) < 4.78 is 28.5. The molecule has 0 radical (unpaired) electrons. The molecule has 0 rings (SSSR count). The minimum Gasteiger partial charge on any atom is -0.374 e. The quantitative estimate of drug-likeness (QED) is 0.199. The van der Waals surface area contributed by atoms with Crippen LogP contribution in [0.2, 0.25) is 0 Å². The molecule has 0 bridgehead atoms. The number of likely N-dealkylation sites (N-methyl/N-ethyl adjacent to an activating group) is 1. The number of hydrogen-bond acceptors (Lipinski definition) is 5. The van der Waals surface area contributed by atoms with Gasteiger partial charge in [-0.05, 0) is 12.8 Å². The van der Waals surface area contributed by atoms with Crippen LogP contribution in [0.1, 0.15) is 58.8 Å². The maximum atomic E-state index is 12.1. The van der Waals surface area contributed by atoms with Gasteiger partial charge in [-0.15, -0.1) is 0 Å². The number of phosphoric acid groups is 1. The van der Waals surface area contributed by atoms with Crippen molar-refractivity contribution in [3.63, 3.8) is 0 Å². The molecule has 0 saturated carbocycles. The zero-order valence-corrected chi connectivity index (χ0v) is 19.3. The molecule has 168 valence electrons. The monoisotopic (exact) mass is 425 g/mol. The Bertz CT molecular complexity index is 456. The Morgan fingerprint density at radius 1 is 1.04 bits per heavy atom. The number of unbranched alkanes of at least 4 members (excludes halogenated alkanes) is 4. The van der Waals surface area contributed by atoms with Gasteiger partial charge in [-0.3, -0.25) is 13.8 Å². The zero-order chi connectivity index (χ0) is 21.5. The summed E-state index contributed by atoms with van der Waals surface area (Å²) >= 11 is 0. The summed E-state index contributed by atoms with van der Waals surface area (Å²) in [4.78, 5) is 21.7. The van der Waals surface area contributed by atoms with Crippen LogP contribution in [0.3, 0.4) is 0 Å². The first-order valence-electron chi connectivity index (χ1n) is 10.4. The molecule has 2 N–H and O–H groups in total. The van der Waals surface area contributed by atoms with Gasteiger partial charge in [0.2, 0.25) is 5.91 Å². The van der Waals surface area contributed by atoms with Gasteiger partial charge in [0, 0.05) is 19.6 Å². The van der Waals surface area contributed by atoms with Crippen molar-refractivity contribution in [1.82, 2.24) is 5.32 Å². The van der Waals surface area contributed by atoms with Gasteiger partial charge in [-0.2, -0.15) is 0 Å². The molecule has 0 aliphatic carbocycles. The van der Waals surface area contributed by atoms with Gasteiger partial charge in [0.05, 0.1) is 33.9 Å². The van der Waals surface area contributed by atoms with E-state index in [4.69, 9.17) is 13.8 Å². The topological polar surface area (TPSA) is 94.1 Å². The Morgan fingerprint density at radius 2 is 1.68 bits per heavy atom. The van der Waals surface area contributed by atoms with Crippen molar-refractivity contribution >= 4 is 13.7 Å². The standard InChI is InChI=1S/C19H41N2O6P/c1-6-8-10-12-19(22)20-16-18(25-14-11-9-7-2)17-27-28(23,24)26-15-13-21(3,4)5/h18H,6-17H2,1-5H3,(H-,20,22,23,24)/p+1. The highest BCUT2D eigenvalue weighted by Crippen LogP contribution is 2.43.